The van der Waals surface area contributed by atoms with Gasteiger partial charge in [0, 0.05) is 55.2 Å². The summed E-state index contributed by atoms with van der Waals surface area (Å²) in [5.41, 5.74) is 2.64. The Morgan fingerprint density at radius 3 is 2.63 bits per heavy atom. The number of rotatable bonds is 10. The molecule has 41 heavy (non-hydrogen) atoms. The van der Waals surface area contributed by atoms with Gasteiger partial charge in [-0.3, -0.25) is 9.59 Å². The fraction of sp³-hybridized carbons (Fsp3) is 0.517. The van der Waals surface area contributed by atoms with Gasteiger partial charge in [0.25, 0.3) is 5.91 Å². The largest absolute Gasteiger partial charge is 0.444 e. The molecule has 3 heterocycles. The molecule has 0 fully saturated rings. The van der Waals surface area contributed by atoms with E-state index in [2.05, 4.69) is 16.0 Å². The Bertz CT molecular complexity index is 1410. The molecule has 0 spiro atoms. The molecular weight excluding hydrogens is 562 g/mol. The van der Waals surface area contributed by atoms with Crippen molar-refractivity contribution >= 4 is 55.8 Å². The Hall–Kier alpha value is -3.06. The maximum absolute atomic E-state index is 12.9. The number of thiophene rings is 1. The molecule has 2 aromatic heterocycles. The average molecular weight is 602 g/mol. The first-order valence-corrected chi connectivity index (χ1v) is 15.4. The number of hydrogen-bond donors (Lipinski definition) is 3. The summed E-state index contributed by atoms with van der Waals surface area (Å²) in [5, 5.41) is 10.7. The molecule has 0 aliphatic carbocycles. The van der Waals surface area contributed by atoms with Gasteiger partial charge in [0.2, 0.25) is 5.91 Å². The predicted molar refractivity (Wildman–Crippen MR) is 164 cm³/mol. The van der Waals surface area contributed by atoms with E-state index in [9.17, 15) is 14.4 Å². The Morgan fingerprint density at radius 1 is 1.15 bits per heavy atom. The lowest BCUT2D eigenvalue weighted by Crippen LogP contribution is -2.39. The van der Waals surface area contributed by atoms with E-state index in [1.54, 1.807) is 24.1 Å². The lowest BCUT2D eigenvalue weighted by Gasteiger charge is -2.30. The van der Waals surface area contributed by atoms with E-state index < -0.39 is 5.60 Å². The molecule has 0 unspecified atom stereocenters. The van der Waals surface area contributed by atoms with Gasteiger partial charge in [-0.15, -0.1) is 22.7 Å². The van der Waals surface area contributed by atoms with E-state index in [0.717, 1.165) is 30.7 Å². The van der Waals surface area contributed by atoms with Gasteiger partial charge in [0.05, 0.1) is 23.4 Å². The summed E-state index contributed by atoms with van der Waals surface area (Å²) in [6.07, 6.45) is 0.611. The monoisotopic (exact) mass is 601 g/mol. The van der Waals surface area contributed by atoms with E-state index in [0.29, 0.717) is 62.7 Å². The van der Waals surface area contributed by atoms with Crippen LogP contribution in [0.3, 0.4) is 0 Å². The van der Waals surface area contributed by atoms with Gasteiger partial charge in [-0.1, -0.05) is 13.8 Å². The highest BCUT2D eigenvalue weighted by molar-refractivity contribution is 7.23. The molecule has 1 aliphatic rings. The maximum atomic E-state index is 12.9. The summed E-state index contributed by atoms with van der Waals surface area (Å²) in [7, 11) is 1.59. The second-order valence-electron chi connectivity index (χ2n) is 11.2. The van der Waals surface area contributed by atoms with Crippen LogP contribution in [0.5, 0.6) is 0 Å². The first-order chi connectivity index (χ1) is 19.4. The van der Waals surface area contributed by atoms with Crippen molar-refractivity contribution < 1.29 is 23.9 Å². The number of methoxy groups -OCH3 is 1. The molecule has 4 rings (SSSR count). The number of thiazole rings is 1. The molecule has 3 amide bonds. The van der Waals surface area contributed by atoms with Crippen LogP contribution >= 0.6 is 22.7 Å². The minimum absolute atomic E-state index is 0.0851. The van der Waals surface area contributed by atoms with Crippen LogP contribution in [0, 0.1) is 0 Å². The third kappa shape index (κ3) is 8.03. The fourth-order valence-corrected chi connectivity index (χ4v) is 6.78. The number of carbonyl (C=O) groups excluding carboxylic acids is 3. The van der Waals surface area contributed by atoms with Crippen molar-refractivity contribution in [3.63, 3.8) is 0 Å². The van der Waals surface area contributed by atoms with Crippen LogP contribution in [0.2, 0.25) is 0 Å². The van der Waals surface area contributed by atoms with E-state index >= 15 is 0 Å². The fourth-order valence-electron chi connectivity index (χ4n) is 4.41. The van der Waals surface area contributed by atoms with Gasteiger partial charge in [0.15, 0.2) is 0 Å². The highest BCUT2D eigenvalue weighted by atomic mass is 32.1. The van der Waals surface area contributed by atoms with Crippen molar-refractivity contribution in [2.24, 2.45) is 0 Å². The first-order valence-electron chi connectivity index (χ1n) is 13.8. The lowest BCUT2D eigenvalue weighted by molar-refractivity contribution is -0.116. The molecule has 0 saturated heterocycles. The number of amides is 3. The summed E-state index contributed by atoms with van der Waals surface area (Å²) in [6.45, 7) is 12.0. The molecule has 1 aliphatic heterocycles. The van der Waals surface area contributed by atoms with Crippen molar-refractivity contribution in [3.05, 3.63) is 34.2 Å². The van der Waals surface area contributed by atoms with E-state index in [1.807, 2.05) is 40.7 Å². The highest BCUT2D eigenvalue weighted by Gasteiger charge is 2.31. The Morgan fingerprint density at radius 2 is 1.93 bits per heavy atom. The third-order valence-corrected chi connectivity index (χ3v) is 8.51. The van der Waals surface area contributed by atoms with Gasteiger partial charge in [-0.05, 0) is 51.0 Å². The van der Waals surface area contributed by atoms with Crippen LogP contribution in [-0.4, -0.2) is 72.8 Å². The first kappa shape index (κ1) is 30.9. The molecule has 0 radical (unpaired) electrons. The standard InChI is InChI=1S/C29H39N5O5S2/c1-17(2)30-11-9-23(35)33-27-24(19-10-13-34(16-22(19)41-27)28(37)39-29(3,4)5)26-32-20-15-18(7-8-21(20)40-26)25(36)31-12-14-38-6/h7-8,15,17,30H,9-14,16H2,1-6H3,(H,31,36)(H,33,35). The van der Waals surface area contributed by atoms with Crippen molar-refractivity contribution in [1.29, 1.82) is 0 Å². The van der Waals surface area contributed by atoms with Gasteiger partial charge in [-0.25, -0.2) is 9.78 Å². The minimum Gasteiger partial charge on any atom is -0.444 e. The number of nitrogens with one attached hydrogen (secondary N) is 3. The van der Waals surface area contributed by atoms with Crippen molar-refractivity contribution in [2.45, 2.75) is 65.6 Å². The zero-order valence-corrected chi connectivity index (χ0v) is 26.1. The van der Waals surface area contributed by atoms with Gasteiger partial charge in [-0.2, -0.15) is 0 Å². The number of nitrogens with zero attached hydrogens (tertiary/aromatic N) is 2. The van der Waals surface area contributed by atoms with Gasteiger partial charge < -0.3 is 30.3 Å². The topological polar surface area (TPSA) is 122 Å². The number of benzene rings is 1. The molecule has 222 valence electrons. The SMILES string of the molecule is COCCNC(=O)c1ccc2sc(-c3c(NC(=O)CCNC(C)C)sc4c3CCN(C(=O)OC(C)(C)C)C4)nc2c1. The van der Waals surface area contributed by atoms with Crippen LogP contribution in [0.4, 0.5) is 9.80 Å². The Balaban J connectivity index is 1.64. The number of hydrogen-bond acceptors (Lipinski definition) is 9. The van der Waals surface area contributed by atoms with E-state index in [1.165, 1.54) is 22.7 Å². The Kier molecular flexibility index (Phi) is 10.0. The predicted octanol–water partition coefficient (Wildman–Crippen LogP) is 5.02. The zero-order valence-electron chi connectivity index (χ0n) is 24.5. The summed E-state index contributed by atoms with van der Waals surface area (Å²) in [4.78, 5) is 45.9. The molecule has 10 nitrogen and oxygen atoms in total. The number of aromatic nitrogens is 1. The van der Waals surface area contributed by atoms with Crippen LogP contribution in [0.25, 0.3) is 20.8 Å². The van der Waals surface area contributed by atoms with Crippen molar-refractivity contribution in [2.75, 3.05) is 38.7 Å². The van der Waals surface area contributed by atoms with E-state index in [-0.39, 0.29) is 17.9 Å². The highest BCUT2D eigenvalue weighted by Crippen LogP contribution is 2.46. The van der Waals surface area contributed by atoms with Crippen LogP contribution < -0.4 is 16.0 Å². The van der Waals surface area contributed by atoms with Crippen LogP contribution in [0.15, 0.2) is 18.2 Å². The quantitative estimate of drug-likeness (QED) is 0.279. The smallest absolute Gasteiger partial charge is 0.410 e. The summed E-state index contributed by atoms with van der Waals surface area (Å²) in [6, 6.07) is 5.77. The molecule has 3 N–H and O–H groups in total. The summed E-state index contributed by atoms with van der Waals surface area (Å²) >= 11 is 3.00. The van der Waals surface area contributed by atoms with Gasteiger partial charge >= 0.3 is 6.09 Å². The second-order valence-corrected chi connectivity index (χ2v) is 13.4. The zero-order chi connectivity index (χ0) is 29.7. The number of ether oxygens (including phenoxy) is 2. The minimum atomic E-state index is -0.582. The van der Waals surface area contributed by atoms with Crippen molar-refractivity contribution in [3.8, 4) is 10.6 Å². The third-order valence-electron chi connectivity index (χ3n) is 6.32. The molecule has 12 heteroatoms. The molecule has 0 saturated carbocycles. The molecule has 0 bridgehead atoms. The van der Waals surface area contributed by atoms with Gasteiger partial charge in [0.1, 0.15) is 15.6 Å². The maximum Gasteiger partial charge on any atom is 0.410 e. The molecule has 0 atom stereocenters. The molecule has 1 aromatic carbocycles. The summed E-state index contributed by atoms with van der Waals surface area (Å²) < 4.78 is 11.6. The summed E-state index contributed by atoms with van der Waals surface area (Å²) in [5.74, 6) is -0.269. The lowest BCUT2D eigenvalue weighted by atomic mass is 10.0. The number of carbonyl (C=O) groups is 3. The second kappa shape index (κ2) is 13.3. The van der Waals surface area contributed by atoms with Crippen LogP contribution in [0.1, 0.15) is 61.8 Å². The number of anilines is 1. The van der Waals surface area contributed by atoms with Crippen LogP contribution in [-0.2, 0) is 27.2 Å². The number of fused-ring (bicyclic) bond motifs is 2. The van der Waals surface area contributed by atoms with Crippen molar-refractivity contribution in [1.82, 2.24) is 20.5 Å². The molecule has 3 aromatic rings. The normalized spacial score (nSPS) is 13.4. The average Bonchev–Trinajstić information content (AvgIpc) is 3.46. The molecular formula is C29H39N5O5S2. The van der Waals surface area contributed by atoms with E-state index in [4.69, 9.17) is 14.5 Å². The Labute approximate surface area is 248 Å².